The van der Waals surface area contributed by atoms with Gasteiger partial charge in [0.2, 0.25) is 0 Å². The van der Waals surface area contributed by atoms with E-state index in [0.717, 1.165) is 0 Å². The summed E-state index contributed by atoms with van der Waals surface area (Å²) in [6.45, 7) is 3.11. The van der Waals surface area contributed by atoms with E-state index in [9.17, 15) is 0 Å². The lowest BCUT2D eigenvalue weighted by Gasteiger charge is -1.70. The zero-order valence-corrected chi connectivity index (χ0v) is 5.47. The van der Waals surface area contributed by atoms with Gasteiger partial charge in [0.05, 0.1) is 0 Å². The number of hydrogen-bond acceptors (Lipinski definition) is 3. The van der Waals surface area contributed by atoms with Crippen LogP contribution in [0.25, 0.3) is 0 Å². The molecule has 0 unspecified atom stereocenters. The van der Waals surface area contributed by atoms with E-state index in [2.05, 4.69) is 16.5 Å². The Morgan fingerprint density at radius 2 is 1.80 bits per heavy atom. The van der Waals surface area contributed by atoms with Gasteiger partial charge in [0.1, 0.15) is 12.6 Å². The second kappa shape index (κ2) is 7.49. The van der Waals surface area contributed by atoms with E-state index in [1.165, 1.54) is 12.4 Å². The van der Waals surface area contributed by atoms with Crippen LogP contribution in [0.4, 0.5) is 0 Å². The van der Waals surface area contributed by atoms with E-state index in [-0.39, 0.29) is 0 Å². The SMILES string of the molecule is C=CC=O.c1cncnc1. The van der Waals surface area contributed by atoms with Gasteiger partial charge >= 0.3 is 0 Å². The Bertz CT molecular complexity index is 142. The van der Waals surface area contributed by atoms with Gasteiger partial charge in [-0.25, -0.2) is 9.97 Å². The van der Waals surface area contributed by atoms with Crippen LogP contribution in [-0.4, -0.2) is 16.3 Å². The first kappa shape index (κ1) is 8.49. The molecule has 3 heteroatoms. The first-order valence-electron chi connectivity index (χ1n) is 2.68. The normalized spacial score (nSPS) is 6.80. The van der Waals surface area contributed by atoms with Crippen LogP contribution in [0.1, 0.15) is 0 Å². The summed E-state index contributed by atoms with van der Waals surface area (Å²) >= 11 is 0. The quantitative estimate of drug-likeness (QED) is 0.424. The van der Waals surface area contributed by atoms with Crippen molar-refractivity contribution in [3.8, 4) is 0 Å². The highest BCUT2D eigenvalue weighted by atomic mass is 16.1. The van der Waals surface area contributed by atoms with Gasteiger partial charge in [-0.1, -0.05) is 6.58 Å². The number of carbonyl (C=O) groups excluding carboxylic acids is 1. The van der Waals surface area contributed by atoms with Crippen molar-refractivity contribution in [1.82, 2.24) is 9.97 Å². The summed E-state index contributed by atoms with van der Waals surface area (Å²) in [5, 5.41) is 0. The third-order valence-corrected chi connectivity index (χ3v) is 0.574. The lowest BCUT2D eigenvalue weighted by molar-refractivity contribution is -0.104. The molecule has 0 N–H and O–H groups in total. The zero-order chi connectivity index (χ0) is 7.66. The number of hydrogen-bond donors (Lipinski definition) is 0. The second-order valence-electron chi connectivity index (χ2n) is 1.28. The monoisotopic (exact) mass is 136 g/mol. The molecule has 52 valence electrons. The number of aldehydes is 1. The Morgan fingerprint density at radius 1 is 1.30 bits per heavy atom. The maximum Gasteiger partial charge on any atom is 0.142 e. The molecule has 0 radical (unpaired) electrons. The van der Waals surface area contributed by atoms with Crippen molar-refractivity contribution < 1.29 is 4.79 Å². The first-order valence-corrected chi connectivity index (χ1v) is 2.68. The summed E-state index contributed by atoms with van der Waals surface area (Å²) in [6.07, 6.45) is 6.71. The van der Waals surface area contributed by atoms with Crippen molar-refractivity contribution >= 4 is 6.29 Å². The van der Waals surface area contributed by atoms with Crippen LogP contribution in [0.2, 0.25) is 0 Å². The summed E-state index contributed by atoms with van der Waals surface area (Å²) in [4.78, 5) is 16.4. The second-order valence-corrected chi connectivity index (χ2v) is 1.28. The molecular formula is C7H8N2O. The van der Waals surface area contributed by atoms with Gasteiger partial charge in [-0.05, 0) is 12.1 Å². The predicted molar refractivity (Wildman–Crippen MR) is 38.3 cm³/mol. The highest BCUT2D eigenvalue weighted by molar-refractivity contribution is 5.63. The van der Waals surface area contributed by atoms with Crippen molar-refractivity contribution in [2.45, 2.75) is 0 Å². The molecule has 0 aliphatic carbocycles. The minimum absolute atomic E-state index is 0.639. The standard InChI is InChI=1S/C4H4N2.C3H4O/c1-2-5-4-6-3-1;1-2-3-4/h1-4H;2-3H,1H2. The number of carbonyl (C=O) groups is 1. The van der Waals surface area contributed by atoms with Crippen molar-refractivity contribution in [2.24, 2.45) is 0 Å². The summed E-state index contributed by atoms with van der Waals surface area (Å²) in [7, 11) is 0. The van der Waals surface area contributed by atoms with E-state index < -0.39 is 0 Å². The number of allylic oxidation sites excluding steroid dienone is 1. The molecule has 0 fully saturated rings. The molecule has 0 atom stereocenters. The molecule has 0 bridgehead atoms. The van der Waals surface area contributed by atoms with Crippen LogP contribution in [-0.2, 0) is 4.79 Å². The predicted octanol–water partition coefficient (Wildman–Crippen LogP) is 0.848. The maximum atomic E-state index is 9.06. The lowest BCUT2D eigenvalue weighted by atomic mass is 10.7. The minimum Gasteiger partial charge on any atom is -0.299 e. The molecule has 0 spiro atoms. The Hall–Kier alpha value is -1.51. The third kappa shape index (κ3) is 6.49. The Morgan fingerprint density at radius 3 is 1.90 bits per heavy atom. The van der Waals surface area contributed by atoms with Crippen LogP contribution < -0.4 is 0 Å². The summed E-state index contributed by atoms with van der Waals surface area (Å²) in [5.74, 6) is 0. The van der Waals surface area contributed by atoms with Crippen molar-refractivity contribution in [1.29, 1.82) is 0 Å². The van der Waals surface area contributed by atoms with E-state index in [1.54, 1.807) is 18.5 Å². The molecule has 0 aromatic carbocycles. The fraction of sp³-hybridized carbons (Fsp3) is 0. The smallest absolute Gasteiger partial charge is 0.142 e. The zero-order valence-electron chi connectivity index (χ0n) is 5.47. The summed E-state index contributed by atoms with van der Waals surface area (Å²) in [5.41, 5.74) is 0. The summed E-state index contributed by atoms with van der Waals surface area (Å²) < 4.78 is 0. The topological polar surface area (TPSA) is 42.9 Å². The molecule has 1 aromatic rings. The summed E-state index contributed by atoms with van der Waals surface area (Å²) in [6, 6.07) is 1.78. The van der Waals surface area contributed by atoms with E-state index in [4.69, 9.17) is 4.79 Å². The van der Waals surface area contributed by atoms with Crippen LogP contribution in [0.15, 0.2) is 37.4 Å². The van der Waals surface area contributed by atoms with Gasteiger partial charge in [-0.3, -0.25) is 4.79 Å². The molecule has 1 aromatic heterocycles. The van der Waals surface area contributed by atoms with Crippen LogP contribution in [0.3, 0.4) is 0 Å². The molecule has 3 nitrogen and oxygen atoms in total. The van der Waals surface area contributed by atoms with Gasteiger partial charge in [-0.2, -0.15) is 0 Å². The van der Waals surface area contributed by atoms with Gasteiger partial charge in [-0.15, -0.1) is 0 Å². The largest absolute Gasteiger partial charge is 0.299 e. The molecule has 1 heterocycles. The molecule has 1 rings (SSSR count). The Labute approximate surface area is 59.4 Å². The highest BCUT2D eigenvalue weighted by Gasteiger charge is 1.59. The number of nitrogens with zero attached hydrogens (tertiary/aromatic N) is 2. The van der Waals surface area contributed by atoms with Crippen molar-refractivity contribution in [3.05, 3.63) is 37.4 Å². The fourth-order valence-corrected chi connectivity index (χ4v) is 0.253. The van der Waals surface area contributed by atoms with Crippen LogP contribution in [0.5, 0.6) is 0 Å². The van der Waals surface area contributed by atoms with Gasteiger partial charge in [0.15, 0.2) is 0 Å². The van der Waals surface area contributed by atoms with Gasteiger partial charge in [0.25, 0.3) is 0 Å². The van der Waals surface area contributed by atoms with Gasteiger partial charge < -0.3 is 0 Å². The number of rotatable bonds is 1. The lowest BCUT2D eigenvalue weighted by Crippen LogP contribution is -1.66. The highest BCUT2D eigenvalue weighted by Crippen LogP contribution is 1.66. The fourth-order valence-electron chi connectivity index (χ4n) is 0.253. The molecule has 10 heavy (non-hydrogen) atoms. The first-order chi connectivity index (χ1) is 4.91. The van der Waals surface area contributed by atoms with Crippen LogP contribution in [0, 0.1) is 0 Å². The maximum absolute atomic E-state index is 9.06. The Balaban J connectivity index is 0.000000180. The van der Waals surface area contributed by atoms with Crippen molar-refractivity contribution in [2.75, 3.05) is 0 Å². The van der Waals surface area contributed by atoms with Crippen LogP contribution >= 0.6 is 0 Å². The molecule has 0 aliphatic heterocycles. The Kier molecular flexibility index (Phi) is 6.36. The molecule has 0 saturated heterocycles. The molecule has 0 aliphatic rings. The van der Waals surface area contributed by atoms with E-state index in [0.29, 0.717) is 6.29 Å². The number of aromatic nitrogens is 2. The molecule has 0 amide bonds. The molecule has 0 saturated carbocycles. The third-order valence-electron chi connectivity index (χ3n) is 0.574. The van der Waals surface area contributed by atoms with Gasteiger partial charge in [0, 0.05) is 12.4 Å². The van der Waals surface area contributed by atoms with E-state index >= 15 is 0 Å². The minimum atomic E-state index is 0.639. The van der Waals surface area contributed by atoms with E-state index in [1.807, 2.05) is 0 Å². The average molecular weight is 136 g/mol. The van der Waals surface area contributed by atoms with Crippen molar-refractivity contribution in [3.63, 3.8) is 0 Å². The average Bonchev–Trinajstić information content (AvgIpc) is 2.08. The molecular weight excluding hydrogens is 128 g/mol.